The third-order valence-corrected chi connectivity index (χ3v) is 4.80. The van der Waals surface area contributed by atoms with Crippen molar-refractivity contribution < 1.29 is 4.79 Å². The van der Waals surface area contributed by atoms with Crippen LogP contribution in [-0.2, 0) is 4.79 Å². The monoisotopic (exact) mass is 389 g/mol. The molecule has 1 atom stereocenters. The van der Waals surface area contributed by atoms with Crippen LogP contribution in [-0.4, -0.2) is 37.5 Å². The van der Waals surface area contributed by atoms with Crippen LogP contribution in [0.3, 0.4) is 0 Å². The van der Waals surface area contributed by atoms with Crippen molar-refractivity contribution in [3.63, 3.8) is 0 Å². The molecule has 1 saturated heterocycles. The molecule has 0 saturated carbocycles. The summed E-state index contributed by atoms with van der Waals surface area (Å²) in [5, 5.41) is 3.21. The van der Waals surface area contributed by atoms with Crippen LogP contribution < -0.4 is 11.1 Å². The molecule has 0 spiro atoms. The maximum Gasteiger partial charge on any atom is 0.239 e. The van der Waals surface area contributed by atoms with Crippen molar-refractivity contribution in [1.82, 2.24) is 10.2 Å². The molecule has 6 heteroatoms. The summed E-state index contributed by atoms with van der Waals surface area (Å²) in [6, 6.07) is 7.58. The van der Waals surface area contributed by atoms with Crippen molar-refractivity contribution >= 4 is 34.2 Å². The highest BCUT2D eigenvalue weighted by molar-refractivity contribution is 9.10. The first kappa shape index (κ1) is 19.4. The van der Waals surface area contributed by atoms with Gasteiger partial charge in [-0.1, -0.05) is 28.1 Å². The number of amides is 1. The molecule has 1 unspecified atom stereocenters. The summed E-state index contributed by atoms with van der Waals surface area (Å²) in [7, 11) is 1.99. The molecule has 0 bridgehead atoms. The molecule has 1 aliphatic rings. The first-order valence-electron chi connectivity index (χ1n) is 7.55. The molecule has 4 nitrogen and oxygen atoms in total. The van der Waals surface area contributed by atoms with Crippen LogP contribution in [0.15, 0.2) is 28.7 Å². The van der Waals surface area contributed by atoms with Gasteiger partial charge in [0.25, 0.3) is 0 Å². The van der Waals surface area contributed by atoms with Crippen LogP contribution in [0.25, 0.3) is 0 Å². The quantitative estimate of drug-likeness (QED) is 0.785. The third kappa shape index (κ3) is 5.23. The number of carbonyl (C=O) groups excluding carboxylic acids is 1. The summed E-state index contributed by atoms with van der Waals surface area (Å²) in [4.78, 5) is 14.1. The van der Waals surface area contributed by atoms with Gasteiger partial charge in [-0.2, -0.15) is 0 Å². The Hall–Kier alpha value is -0.620. The Morgan fingerprint density at radius 2 is 1.95 bits per heavy atom. The summed E-state index contributed by atoms with van der Waals surface area (Å²) >= 11 is 3.42. The first-order valence-corrected chi connectivity index (χ1v) is 8.34. The summed E-state index contributed by atoms with van der Waals surface area (Å²) in [6.07, 6.45) is 3.49. The number of hydrogen-bond acceptors (Lipinski definition) is 3. The van der Waals surface area contributed by atoms with Crippen molar-refractivity contribution in [2.45, 2.75) is 25.3 Å². The minimum atomic E-state index is -0.302. The lowest BCUT2D eigenvalue weighted by atomic mass is 9.91. The molecule has 1 aromatic rings. The second-order valence-electron chi connectivity index (χ2n) is 5.73. The molecule has 124 valence electrons. The van der Waals surface area contributed by atoms with E-state index >= 15 is 0 Å². The standard InChI is InChI=1S/C16H24BrN3O.ClH/c1-19-9-6-12-7-10-20(11-8-12)15(16(18)21)13-2-4-14(17)5-3-13;/h2-5,12,15,19H,6-11H2,1H3,(H2,18,21);1H. The Kier molecular flexibility index (Phi) is 8.39. The van der Waals surface area contributed by atoms with Crippen LogP contribution in [0.4, 0.5) is 0 Å². The zero-order valence-corrected chi connectivity index (χ0v) is 15.3. The number of nitrogens with zero attached hydrogens (tertiary/aromatic N) is 1. The average Bonchev–Trinajstić information content (AvgIpc) is 2.48. The van der Waals surface area contributed by atoms with E-state index in [9.17, 15) is 4.79 Å². The highest BCUT2D eigenvalue weighted by Gasteiger charge is 2.29. The number of likely N-dealkylation sites (tertiary alicyclic amines) is 1. The van der Waals surface area contributed by atoms with Gasteiger partial charge in [0.15, 0.2) is 0 Å². The zero-order chi connectivity index (χ0) is 15.2. The molecule has 1 aliphatic heterocycles. The number of nitrogens with two attached hydrogens (primary N) is 1. The van der Waals surface area contributed by atoms with Crippen molar-refractivity contribution in [2.75, 3.05) is 26.7 Å². The summed E-state index contributed by atoms with van der Waals surface area (Å²) in [5.41, 5.74) is 6.64. The van der Waals surface area contributed by atoms with Crippen molar-refractivity contribution in [3.05, 3.63) is 34.3 Å². The smallest absolute Gasteiger partial charge is 0.239 e. The third-order valence-electron chi connectivity index (χ3n) is 4.27. The number of carbonyl (C=O) groups is 1. The number of benzene rings is 1. The lowest BCUT2D eigenvalue weighted by Crippen LogP contribution is -2.42. The minimum absolute atomic E-state index is 0. The highest BCUT2D eigenvalue weighted by atomic mass is 79.9. The largest absolute Gasteiger partial charge is 0.368 e. The SMILES string of the molecule is CNCCC1CCN(C(C(N)=O)c2ccc(Br)cc2)CC1.Cl. The number of rotatable bonds is 6. The first-order chi connectivity index (χ1) is 10.1. The molecule has 1 aromatic carbocycles. The van der Waals surface area contributed by atoms with Gasteiger partial charge in [0.1, 0.15) is 6.04 Å². The molecule has 0 aromatic heterocycles. The molecule has 0 radical (unpaired) electrons. The van der Waals surface area contributed by atoms with E-state index < -0.39 is 0 Å². The Balaban J connectivity index is 0.00000242. The van der Waals surface area contributed by atoms with Crippen molar-refractivity contribution in [1.29, 1.82) is 0 Å². The number of piperidine rings is 1. The van der Waals surface area contributed by atoms with Gasteiger partial charge >= 0.3 is 0 Å². The highest BCUT2D eigenvalue weighted by Crippen LogP contribution is 2.28. The molecule has 22 heavy (non-hydrogen) atoms. The van der Waals surface area contributed by atoms with Crippen LogP contribution in [0.1, 0.15) is 30.9 Å². The summed E-state index contributed by atoms with van der Waals surface area (Å²) < 4.78 is 1.01. The van der Waals surface area contributed by atoms with Gasteiger partial charge < -0.3 is 11.1 Å². The summed E-state index contributed by atoms with van der Waals surface area (Å²) in [6.45, 7) is 2.95. The average molecular weight is 391 g/mol. The fourth-order valence-corrected chi connectivity index (χ4v) is 3.31. The van der Waals surface area contributed by atoms with E-state index in [0.29, 0.717) is 0 Å². The van der Waals surface area contributed by atoms with Gasteiger partial charge in [0.05, 0.1) is 0 Å². The second kappa shape index (κ2) is 9.50. The Bertz CT molecular complexity index is 461. The van der Waals surface area contributed by atoms with E-state index in [1.165, 1.54) is 6.42 Å². The van der Waals surface area contributed by atoms with Crippen molar-refractivity contribution in [3.8, 4) is 0 Å². The van der Waals surface area contributed by atoms with E-state index in [1.807, 2.05) is 31.3 Å². The van der Waals surface area contributed by atoms with Gasteiger partial charge in [-0.3, -0.25) is 9.69 Å². The minimum Gasteiger partial charge on any atom is -0.368 e. The van der Waals surface area contributed by atoms with E-state index in [0.717, 1.165) is 48.4 Å². The fraction of sp³-hybridized carbons (Fsp3) is 0.562. The maximum atomic E-state index is 11.9. The van der Waals surface area contributed by atoms with E-state index in [4.69, 9.17) is 5.73 Å². The molecule has 3 N–H and O–H groups in total. The maximum absolute atomic E-state index is 11.9. The normalized spacial score (nSPS) is 17.7. The van der Waals surface area contributed by atoms with Gasteiger partial charge in [-0.05, 0) is 69.6 Å². The van der Waals surface area contributed by atoms with E-state index in [2.05, 4.69) is 26.1 Å². The molecule has 1 heterocycles. The number of halogens is 2. The molecule has 2 rings (SSSR count). The Morgan fingerprint density at radius 3 is 2.45 bits per heavy atom. The van der Waals surface area contributed by atoms with E-state index in [-0.39, 0.29) is 24.4 Å². The topological polar surface area (TPSA) is 58.4 Å². The zero-order valence-electron chi connectivity index (χ0n) is 12.9. The van der Waals surface area contributed by atoms with Gasteiger partial charge in [-0.25, -0.2) is 0 Å². The summed E-state index contributed by atoms with van der Waals surface area (Å²) in [5.74, 6) is 0.498. The van der Waals surface area contributed by atoms with Crippen molar-refractivity contribution in [2.24, 2.45) is 11.7 Å². The molecule has 0 aliphatic carbocycles. The Labute approximate surface area is 147 Å². The van der Waals surface area contributed by atoms with Gasteiger partial charge in [0, 0.05) is 4.47 Å². The predicted octanol–water partition coefficient (Wildman–Crippen LogP) is 2.72. The van der Waals surface area contributed by atoms with Crippen LogP contribution >= 0.6 is 28.3 Å². The van der Waals surface area contributed by atoms with Crippen LogP contribution in [0.2, 0.25) is 0 Å². The fourth-order valence-electron chi connectivity index (χ4n) is 3.05. The molecular formula is C16H25BrClN3O. The lowest BCUT2D eigenvalue weighted by Gasteiger charge is -2.36. The predicted molar refractivity (Wildman–Crippen MR) is 96.2 cm³/mol. The molecule has 1 fully saturated rings. The lowest BCUT2D eigenvalue weighted by molar-refractivity contribution is -0.124. The Morgan fingerprint density at radius 1 is 1.36 bits per heavy atom. The number of primary amides is 1. The van der Waals surface area contributed by atoms with Crippen LogP contribution in [0, 0.1) is 5.92 Å². The molecular weight excluding hydrogens is 366 g/mol. The van der Waals surface area contributed by atoms with Crippen LogP contribution in [0.5, 0.6) is 0 Å². The van der Waals surface area contributed by atoms with Gasteiger partial charge in [-0.15, -0.1) is 12.4 Å². The number of nitrogens with one attached hydrogen (secondary N) is 1. The van der Waals surface area contributed by atoms with Gasteiger partial charge in [0.2, 0.25) is 5.91 Å². The number of hydrogen-bond donors (Lipinski definition) is 2. The second-order valence-corrected chi connectivity index (χ2v) is 6.64. The molecule has 1 amide bonds. The van der Waals surface area contributed by atoms with E-state index in [1.54, 1.807) is 0 Å².